The van der Waals surface area contributed by atoms with Crippen LogP contribution in [0.4, 0.5) is 0 Å². The zero-order valence-corrected chi connectivity index (χ0v) is 19.3. The Bertz CT molecular complexity index is 1020. The van der Waals surface area contributed by atoms with E-state index in [-0.39, 0.29) is 18.0 Å². The number of aliphatic carboxylic acids is 1. The Kier molecular flexibility index (Phi) is 6.81. The average Bonchev–Trinajstić information content (AvgIpc) is 2.77. The van der Waals surface area contributed by atoms with Crippen LogP contribution in [0.1, 0.15) is 18.9 Å². The van der Waals surface area contributed by atoms with Gasteiger partial charge in [0.1, 0.15) is 24.7 Å². The third-order valence-electron chi connectivity index (χ3n) is 5.72. The van der Waals surface area contributed by atoms with Gasteiger partial charge in [0.05, 0.1) is 11.6 Å². The number of nitrogens with one attached hydrogen (secondary N) is 1. The number of piperazine rings is 1. The predicted molar refractivity (Wildman–Crippen MR) is 124 cm³/mol. The van der Waals surface area contributed by atoms with E-state index < -0.39 is 5.97 Å². The van der Waals surface area contributed by atoms with Crippen LogP contribution in [-0.2, 0) is 9.59 Å². The smallest absolute Gasteiger partial charge is 0.333 e. The maximum absolute atomic E-state index is 12.0. The molecular formula is C24H25BrN2O5. The number of amides is 1. The van der Waals surface area contributed by atoms with Crippen molar-refractivity contribution in [1.29, 1.82) is 0 Å². The van der Waals surface area contributed by atoms with Gasteiger partial charge in [0.15, 0.2) is 0 Å². The summed E-state index contributed by atoms with van der Waals surface area (Å²) >= 11 is 3.39. The Balaban J connectivity index is 1.41. The fourth-order valence-corrected chi connectivity index (χ4v) is 4.49. The first-order valence-electron chi connectivity index (χ1n) is 10.5. The van der Waals surface area contributed by atoms with E-state index in [0.717, 1.165) is 21.4 Å². The molecular weight excluding hydrogens is 476 g/mol. The first-order valence-corrected chi connectivity index (χ1v) is 11.3. The monoisotopic (exact) mass is 500 g/mol. The third kappa shape index (κ3) is 5.14. The minimum absolute atomic E-state index is 0.0275. The van der Waals surface area contributed by atoms with Crippen molar-refractivity contribution in [3.63, 3.8) is 0 Å². The lowest BCUT2D eigenvalue weighted by Crippen LogP contribution is -2.61. The molecule has 2 N–H and O–H groups in total. The van der Waals surface area contributed by atoms with E-state index in [4.69, 9.17) is 9.47 Å². The van der Waals surface area contributed by atoms with Crippen LogP contribution in [0, 0.1) is 0 Å². The number of benzene rings is 2. The molecule has 2 aromatic rings. The summed E-state index contributed by atoms with van der Waals surface area (Å²) in [6, 6.07) is 14.8. The van der Waals surface area contributed by atoms with Gasteiger partial charge in [0, 0.05) is 30.5 Å². The Morgan fingerprint density at radius 2 is 1.62 bits per heavy atom. The van der Waals surface area contributed by atoms with Gasteiger partial charge in [-0.2, -0.15) is 0 Å². The molecule has 2 atom stereocenters. The van der Waals surface area contributed by atoms with Gasteiger partial charge >= 0.3 is 5.97 Å². The summed E-state index contributed by atoms with van der Waals surface area (Å²) in [4.78, 5) is 25.6. The van der Waals surface area contributed by atoms with Crippen LogP contribution < -0.4 is 14.8 Å². The van der Waals surface area contributed by atoms with Crippen molar-refractivity contribution in [3.8, 4) is 11.5 Å². The van der Waals surface area contributed by atoms with Crippen LogP contribution in [0.3, 0.4) is 0 Å². The maximum Gasteiger partial charge on any atom is 0.333 e. The summed E-state index contributed by atoms with van der Waals surface area (Å²) < 4.78 is 12.4. The van der Waals surface area contributed by atoms with Crippen LogP contribution in [0.5, 0.6) is 11.5 Å². The van der Waals surface area contributed by atoms with E-state index >= 15 is 0 Å². The zero-order valence-electron chi connectivity index (χ0n) is 17.7. The summed E-state index contributed by atoms with van der Waals surface area (Å²) in [6.07, 6.45) is 0.559. The number of rotatable bonds is 7. The second-order valence-corrected chi connectivity index (χ2v) is 8.83. The molecule has 2 bridgehead atoms. The number of fused-ring (bicyclic) bond motifs is 2. The largest absolute Gasteiger partial charge is 0.490 e. The van der Waals surface area contributed by atoms with Crippen molar-refractivity contribution in [2.24, 2.45) is 0 Å². The van der Waals surface area contributed by atoms with Gasteiger partial charge in [-0.15, -0.1) is 0 Å². The highest BCUT2D eigenvalue weighted by molar-refractivity contribution is 9.10. The molecule has 4 rings (SSSR count). The quantitative estimate of drug-likeness (QED) is 0.566. The molecule has 1 amide bonds. The van der Waals surface area contributed by atoms with Gasteiger partial charge in [-0.1, -0.05) is 28.1 Å². The number of hydrogen-bond acceptors (Lipinski definition) is 5. The molecule has 1 unspecified atom stereocenters. The summed E-state index contributed by atoms with van der Waals surface area (Å²) in [6.45, 7) is 3.29. The molecule has 0 aliphatic carbocycles. The van der Waals surface area contributed by atoms with Crippen molar-refractivity contribution >= 4 is 33.4 Å². The van der Waals surface area contributed by atoms with Crippen LogP contribution in [0.2, 0.25) is 0 Å². The van der Waals surface area contributed by atoms with Gasteiger partial charge in [-0.25, -0.2) is 4.79 Å². The standard InChI is InChI=1S/C24H25BrN2O5/c1-15(28)27-13-18-12-21(23(24(29)30)22(14-27)26-18)16-2-6-19(7-3-16)31-10-11-32-20-8-4-17(25)5-9-20/h2-9,18,22,26H,10-14H2,1H3,(H,29,30)/t18?,22-/m1/s1. The summed E-state index contributed by atoms with van der Waals surface area (Å²) in [5.41, 5.74) is 2.02. The molecule has 1 saturated heterocycles. The van der Waals surface area contributed by atoms with Crippen LogP contribution in [-0.4, -0.2) is 60.3 Å². The molecule has 0 spiro atoms. The van der Waals surface area contributed by atoms with E-state index in [2.05, 4.69) is 21.2 Å². The molecule has 2 aliphatic heterocycles. The van der Waals surface area contributed by atoms with Gasteiger partial charge < -0.3 is 24.8 Å². The average molecular weight is 501 g/mol. The molecule has 168 valence electrons. The molecule has 2 heterocycles. The number of hydrogen-bond donors (Lipinski definition) is 2. The minimum atomic E-state index is -0.952. The lowest BCUT2D eigenvalue weighted by Gasteiger charge is -2.43. The van der Waals surface area contributed by atoms with E-state index in [9.17, 15) is 14.7 Å². The normalized spacial score (nSPS) is 20.1. The van der Waals surface area contributed by atoms with Crippen molar-refractivity contribution < 1.29 is 24.2 Å². The second kappa shape index (κ2) is 9.75. The summed E-state index contributed by atoms with van der Waals surface area (Å²) in [5, 5.41) is 13.2. The van der Waals surface area contributed by atoms with Crippen molar-refractivity contribution in [2.45, 2.75) is 25.4 Å². The Labute approximate surface area is 195 Å². The van der Waals surface area contributed by atoms with E-state index in [0.29, 0.717) is 44.0 Å². The van der Waals surface area contributed by atoms with Crippen LogP contribution >= 0.6 is 15.9 Å². The van der Waals surface area contributed by atoms with Gasteiger partial charge in [-0.05, 0) is 54.0 Å². The maximum atomic E-state index is 12.0. The number of carboxylic acid groups (broad SMARTS) is 1. The number of halogens is 1. The molecule has 32 heavy (non-hydrogen) atoms. The fraction of sp³-hybridized carbons (Fsp3) is 0.333. The molecule has 1 fully saturated rings. The summed E-state index contributed by atoms with van der Waals surface area (Å²) in [5.74, 6) is 0.495. The number of carbonyl (C=O) groups is 2. The van der Waals surface area contributed by atoms with Crippen LogP contribution in [0.25, 0.3) is 5.57 Å². The van der Waals surface area contributed by atoms with E-state index in [1.54, 1.807) is 4.90 Å². The van der Waals surface area contributed by atoms with Crippen molar-refractivity contribution in [1.82, 2.24) is 10.2 Å². The number of nitrogens with zero attached hydrogens (tertiary/aromatic N) is 1. The highest BCUT2D eigenvalue weighted by Crippen LogP contribution is 2.33. The van der Waals surface area contributed by atoms with E-state index in [1.165, 1.54) is 6.92 Å². The molecule has 2 aliphatic rings. The van der Waals surface area contributed by atoms with Crippen LogP contribution in [0.15, 0.2) is 58.6 Å². The molecule has 7 nitrogen and oxygen atoms in total. The van der Waals surface area contributed by atoms with Gasteiger partial charge in [0.2, 0.25) is 5.91 Å². The first kappa shape index (κ1) is 22.4. The number of carbonyl (C=O) groups excluding carboxylic acids is 1. The molecule has 0 aromatic heterocycles. The fourth-order valence-electron chi connectivity index (χ4n) is 4.23. The van der Waals surface area contributed by atoms with Gasteiger partial charge in [-0.3, -0.25) is 4.79 Å². The molecule has 0 radical (unpaired) electrons. The molecule has 2 aromatic carbocycles. The highest BCUT2D eigenvalue weighted by Gasteiger charge is 2.38. The second-order valence-electron chi connectivity index (χ2n) is 7.92. The minimum Gasteiger partial charge on any atom is -0.490 e. The van der Waals surface area contributed by atoms with E-state index in [1.807, 2.05) is 48.5 Å². The zero-order chi connectivity index (χ0) is 22.7. The third-order valence-corrected chi connectivity index (χ3v) is 6.25. The predicted octanol–water partition coefficient (Wildman–Crippen LogP) is 3.34. The highest BCUT2D eigenvalue weighted by atomic mass is 79.9. The lowest BCUT2D eigenvalue weighted by atomic mass is 9.83. The Morgan fingerprint density at radius 1 is 1.03 bits per heavy atom. The lowest BCUT2D eigenvalue weighted by molar-refractivity contribution is -0.135. The van der Waals surface area contributed by atoms with Crippen molar-refractivity contribution in [3.05, 3.63) is 64.1 Å². The number of carboxylic acids is 1. The molecule has 0 saturated carbocycles. The Hall–Kier alpha value is -2.84. The summed E-state index contributed by atoms with van der Waals surface area (Å²) in [7, 11) is 0. The van der Waals surface area contributed by atoms with Crippen molar-refractivity contribution in [2.75, 3.05) is 26.3 Å². The molecule has 8 heteroatoms. The number of ether oxygens (including phenoxy) is 2. The van der Waals surface area contributed by atoms with Gasteiger partial charge in [0.25, 0.3) is 0 Å². The topological polar surface area (TPSA) is 88.1 Å². The first-order chi connectivity index (χ1) is 15.4. The Morgan fingerprint density at radius 3 is 2.19 bits per heavy atom. The SMILES string of the molecule is CC(=O)N1CC2CC(c3ccc(OCCOc4ccc(Br)cc4)cc3)=C(C(=O)O)[C@@H](C1)N2.